The molecule has 8 nitrogen and oxygen atoms in total. The van der Waals surface area contributed by atoms with Gasteiger partial charge >= 0.3 is 11.7 Å². The molecule has 3 aromatic rings. The number of anilines is 1. The molecular weight excluding hydrogens is 360 g/mol. The first-order valence-electron chi connectivity index (χ1n) is 7.70. The van der Waals surface area contributed by atoms with Crippen molar-refractivity contribution in [2.24, 2.45) is 0 Å². The summed E-state index contributed by atoms with van der Waals surface area (Å²) < 4.78 is 5.04. The van der Waals surface area contributed by atoms with Crippen molar-refractivity contribution in [2.45, 2.75) is 20.1 Å². The fraction of sp³-hybridized carbons (Fsp3) is 0.176. The summed E-state index contributed by atoms with van der Waals surface area (Å²) in [5.74, 6) is -0.450. The van der Waals surface area contributed by atoms with Gasteiger partial charge in [-0.05, 0) is 23.8 Å². The summed E-state index contributed by atoms with van der Waals surface area (Å²) in [4.78, 5) is 43.7. The smallest absolute Gasteiger partial charge is 0.327 e. The van der Waals surface area contributed by atoms with Gasteiger partial charge in [-0.3, -0.25) is 19.6 Å². The number of aromatic nitrogens is 3. The molecule has 0 saturated heterocycles. The number of hydrogen-bond donors (Lipinski definition) is 3. The summed E-state index contributed by atoms with van der Waals surface area (Å²) in [6.45, 7) is 1.50. The van der Waals surface area contributed by atoms with E-state index in [1.165, 1.54) is 13.1 Å². The van der Waals surface area contributed by atoms with Crippen molar-refractivity contribution >= 4 is 34.3 Å². The van der Waals surface area contributed by atoms with Gasteiger partial charge in [0.1, 0.15) is 12.3 Å². The van der Waals surface area contributed by atoms with E-state index >= 15 is 0 Å². The Morgan fingerprint density at radius 1 is 1.31 bits per heavy atom. The number of nitrogens with zero attached hydrogens (tertiary/aromatic N) is 1. The molecule has 1 aromatic carbocycles. The maximum absolute atomic E-state index is 12.3. The zero-order chi connectivity index (χ0) is 18.7. The highest BCUT2D eigenvalue weighted by atomic mass is 35.5. The first-order chi connectivity index (χ1) is 12.4. The zero-order valence-corrected chi connectivity index (χ0v) is 14.5. The lowest BCUT2D eigenvalue weighted by molar-refractivity contribution is -0.142. The van der Waals surface area contributed by atoms with Crippen LogP contribution in [0.1, 0.15) is 18.1 Å². The Labute approximate surface area is 152 Å². The average molecular weight is 375 g/mol. The number of fused-ring (bicyclic) bond motifs is 1. The van der Waals surface area contributed by atoms with Crippen LogP contribution in [0.25, 0.3) is 11.0 Å². The van der Waals surface area contributed by atoms with Crippen molar-refractivity contribution in [1.82, 2.24) is 15.0 Å². The number of carbonyl (C=O) groups excluding carboxylic acids is 1. The SMILES string of the molecule is CC(=O)OCc1cnc2[nH]c(=O)[nH]c(=O)c2c1CNc1cccc(Cl)c1. The second-order valence-electron chi connectivity index (χ2n) is 5.54. The summed E-state index contributed by atoms with van der Waals surface area (Å²) in [7, 11) is 0. The largest absolute Gasteiger partial charge is 0.461 e. The number of benzene rings is 1. The van der Waals surface area contributed by atoms with Gasteiger partial charge in [0, 0.05) is 35.9 Å². The summed E-state index contributed by atoms with van der Waals surface area (Å²) in [5, 5.41) is 3.96. The van der Waals surface area contributed by atoms with Gasteiger partial charge in [0.15, 0.2) is 0 Å². The normalized spacial score (nSPS) is 10.7. The molecule has 3 rings (SSSR count). The van der Waals surface area contributed by atoms with Crippen LogP contribution >= 0.6 is 11.6 Å². The molecule has 2 heterocycles. The van der Waals surface area contributed by atoms with Crippen LogP contribution in [0.3, 0.4) is 0 Å². The summed E-state index contributed by atoms with van der Waals surface area (Å²) in [6, 6.07) is 7.10. The molecule has 0 aliphatic rings. The van der Waals surface area contributed by atoms with Gasteiger partial charge in [0.25, 0.3) is 5.56 Å². The molecule has 26 heavy (non-hydrogen) atoms. The van der Waals surface area contributed by atoms with Gasteiger partial charge in [-0.15, -0.1) is 0 Å². The van der Waals surface area contributed by atoms with Gasteiger partial charge in [-0.2, -0.15) is 0 Å². The molecule has 0 bridgehead atoms. The Balaban J connectivity index is 2.05. The van der Waals surface area contributed by atoms with Crippen molar-refractivity contribution in [3.05, 3.63) is 67.4 Å². The number of esters is 1. The second kappa shape index (κ2) is 7.40. The van der Waals surface area contributed by atoms with E-state index in [1.807, 2.05) is 6.07 Å². The highest BCUT2D eigenvalue weighted by molar-refractivity contribution is 6.30. The van der Waals surface area contributed by atoms with Gasteiger partial charge in [-0.1, -0.05) is 17.7 Å². The molecule has 0 radical (unpaired) electrons. The van der Waals surface area contributed by atoms with E-state index in [-0.39, 0.29) is 24.2 Å². The van der Waals surface area contributed by atoms with Gasteiger partial charge in [-0.25, -0.2) is 9.78 Å². The van der Waals surface area contributed by atoms with E-state index in [4.69, 9.17) is 16.3 Å². The van der Waals surface area contributed by atoms with Crippen LogP contribution in [0, 0.1) is 0 Å². The molecule has 0 spiro atoms. The van der Waals surface area contributed by atoms with Crippen molar-refractivity contribution in [2.75, 3.05) is 5.32 Å². The van der Waals surface area contributed by atoms with E-state index < -0.39 is 17.2 Å². The Kier molecular flexibility index (Phi) is 5.04. The van der Waals surface area contributed by atoms with Crippen LogP contribution in [0.5, 0.6) is 0 Å². The van der Waals surface area contributed by atoms with E-state index in [1.54, 1.807) is 18.2 Å². The number of hydrogen-bond acceptors (Lipinski definition) is 6. The van der Waals surface area contributed by atoms with E-state index in [0.29, 0.717) is 16.1 Å². The maximum Gasteiger partial charge on any atom is 0.327 e. The number of pyridine rings is 1. The lowest BCUT2D eigenvalue weighted by Gasteiger charge is -2.13. The monoisotopic (exact) mass is 374 g/mol. The number of nitrogens with one attached hydrogen (secondary N) is 3. The lowest BCUT2D eigenvalue weighted by Crippen LogP contribution is -2.24. The molecule has 0 amide bonds. The predicted octanol–water partition coefficient (Wildman–Crippen LogP) is 1.94. The van der Waals surface area contributed by atoms with Crippen molar-refractivity contribution in [3.8, 4) is 0 Å². The molecule has 0 fully saturated rings. The topological polar surface area (TPSA) is 117 Å². The fourth-order valence-electron chi connectivity index (χ4n) is 2.53. The molecule has 0 saturated carbocycles. The molecule has 3 N–H and O–H groups in total. The molecule has 0 atom stereocenters. The van der Waals surface area contributed by atoms with Gasteiger partial charge < -0.3 is 10.1 Å². The maximum atomic E-state index is 12.3. The van der Waals surface area contributed by atoms with Crippen LogP contribution in [0.15, 0.2) is 40.1 Å². The minimum atomic E-state index is -0.642. The van der Waals surface area contributed by atoms with Crippen LogP contribution in [-0.2, 0) is 22.7 Å². The van der Waals surface area contributed by atoms with Crippen molar-refractivity contribution < 1.29 is 9.53 Å². The Morgan fingerprint density at radius 3 is 2.85 bits per heavy atom. The number of halogens is 1. The molecular formula is C17H15ClN4O4. The summed E-state index contributed by atoms with van der Waals surface area (Å²) in [5.41, 5.74) is 0.823. The molecule has 0 aliphatic heterocycles. The average Bonchev–Trinajstić information content (AvgIpc) is 2.58. The van der Waals surface area contributed by atoms with E-state index in [2.05, 4.69) is 20.3 Å². The second-order valence-corrected chi connectivity index (χ2v) is 5.97. The zero-order valence-electron chi connectivity index (χ0n) is 13.8. The Bertz CT molecular complexity index is 1090. The summed E-state index contributed by atoms with van der Waals surface area (Å²) in [6.07, 6.45) is 1.47. The van der Waals surface area contributed by atoms with Crippen molar-refractivity contribution in [1.29, 1.82) is 0 Å². The third kappa shape index (κ3) is 3.92. The quantitative estimate of drug-likeness (QED) is 0.587. The van der Waals surface area contributed by atoms with Gasteiger partial charge in [0.2, 0.25) is 0 Å². The van der Waals surface area contributed by atoms with Crippen LogP contribution in [0.4, 0.5) is 5.69 Å². The lowest BCUT2D eigenvalue weighted by atomic mass is 10.1. The third-order valence-corrected chi connectivity index (χ3v) is 3.92. The third-order valence-electron chi connectivity index (χ3n) is 3.69. The number of rotatable bonds is 5. The first-order valence-corrected chi connectivity index (χ1v) is 8.07. The highest BCUT2D eigenvalue weighted by Crippen LogP contribution is 2.20. The Hall–Kier alpha value is -3.13. The highest BCUT2D eigenvalue weighted by Gasteiger charge is 2.14. The molecule has 134 valence electrons. The van der Waals surface area contributed by atoms with E-state index in [0.717, 1.165) is 5.69 Å². The van der Waals surface area contributed by atoms with Crippen molar-refractivity contribution in [3.63, 3.8) is 0 Å². The number of ether oxygens (including phenoxy) is 1. The summed E-state index contributed by atoms with van der Waals surface area (Å²) >= 11 is 5.98. The molecule has 2 aromatic heterocycles. The molecule has 9 heteroatoms. The minimum absolute atomic E-state index is 0.0383. The van der Waals surface area contributed by atoms with Crippen LogP contribution < -0.4 is 16.6 Å². The minimum Gasteiger partial charge on any atom is -0.461 e. The number of carbonyl (C=O) groups is 1. The fourth-order valence-corrected chi connectivity index (χ4v) is 2.72. The molecule has 0 aliphatic carbocycles. The first kappa shape index (κ1) is 17.7. The standard InChI is InChI=1S/C17H15ClN4O4/c1-9(23)26-8-10-6-20-15-14(16(24)22-17(25)21-15)13(10)7-19-12-4-2-3-11(18)5-12/h2-6,19H,7-8H2,1H3,(H2,20,21,22,24,25). The Morgan fingerprint density at radius 2 is 2.12 bits per heavy atom. The van der Waals surface area contributed by atoms with Gasteiger partial charge in [0.05, 0.1) is 5.39 Å². The number of aromatic amines is 2. The molecule has 0 unspecified atom stereocenters. The van der Waals surface area contributed by atoms with Crippen LogP contribution in [-0.4, -0.2) is 20.9 Å². The predicted molar refractivity (Wildman–Crippen MR) is 97.2 cm³/mol. The van der Waals surface area contributed by atoms with E-state index in [9.17, 15) is 14.4 Å². The van der Waals surface area contributed by atoms with Crippen LogP contribution in [0.2, 0.25) is 5.02 Å². The number of H-pyrrole nitrogens is 2.